The number of rotatable bonds is 6. The van der Waals surface area contributed by atoms with E-state index in [1.165, 1.54) is 19.5 Å². The first-order valence-electron chi connectivity index (χ1n) is 5.98. The lowest BCUT2D eigenvalue weighted by molar-refractivity contribution is 0.266. The third-order valence-electron chi connectivity index (χ3n) is 3.26. The normalized spacial score (nSPS) is 23.2. The SMILES string of the molecule is CN(C)C1CCN(CCCCC(N)=NO)C1. The van der Waals surface area contributed by atoms with Crippen LogP contribution in [0.2, 0.25) is 0 Å². The lowest BCUT2D eigenvalue weighted by Crippen LogP contribution is -2.31. The van der Waals surface area contributed by atoms with E-state index in [0.29, 0.717) is 18.3 Å². The van der Waals surface area contributed by atoms with Crippen molar-refractivity contribution in [3.05, 3.63) is 0 Å². The molecule has 16 heavy (non-hydrogen) atoms. The van der Waals surface area contributed by atoms with Crippen LogP contribution in [-0.4, -0.2) is 60.6 Å². The Balaban J connectivity index is 2.07. The molecule has 5 nitrogen and oxygen atoms in total. The van der Waals surface area contributed by atoms with E-state index in [2.05, 4.69) is 29.1 Å². The Morgan fingerprint density at radius 3 is 2.81 bits per heavy atom. The molecule has 5 heteroatoms. The third-order valence-corrected chi connectivity index (χ3v) is 3.26. The Bertz CT molecular complexity index is 230. The molecule has 0 aromatic carbocycles. The van der Waals surface area contributed by atoms with E-state index in [4.69, 9.17) is 10.9 Å². The zero-order chi connectivity index (χ0) is 12.0. The van der Waals surface area contributed by atoms with Crippen LogP contribution < -0.4 is 5.73 Å². The fourth-order valence-electron chi connectivity index (χ4n) is 2.13. The fourth-order valence-corrected chi connectivity index (χ4v) is 2.13. The molecular formula is C11H24N4O. The second-order valence-electron chi connectivity index (χ2n) is 4.76. The van der Waals surface area contributed by atoms with E-state index >= 15 is 0 Å². The zero-order valence-corrected chi connectivity index (χ0v) is 10.4. The number of nitrogens with two attached hydrogens (primary N) is 1. The van der Waals surface area contributed by atoms with Crippen molar-refractivity contribution in [1.82, 2.24) is 9.80 Å². The van der Waals surface area contributed by atoms with Crippen molar-refractivity contribution in [2.24, 2.45) is 10.9 Å². The van der Waals surface area contributed by atoms with Gasteiger partial charge in [0.15, 0.2) is 0 Å². The Kier molecular flexibility index (Phi) is 5.55. The molecule has 1 heterocycles. The minimum Gasteiger partial charge on any atom is -0.409 e. The predicted molar refractivity (Wildman–Crippen MR) is 65.8 cm³/mol. The Morgan fingerprint density at radius 1 is 1.50 bits per heavy atom. The van der Waals surface area contributed by atoms with Gasteiger partial charge in [0.1, 0.15) is 5.84 Å². The first-order valence-corrected chi connectivity index (χ1v) is 5.98. The Morgan fingerprint density at radius 2 is 2.25 bits per heavy atom. The average Bonchev–Trinajstić information content (AvgIpc) is 2.72. The number of nitrogens with zero attached hydrogens (tertiary/aromatic N) is 3. The second-order valence-corrected chi connectivity index (χ2v) is 4.76. The molecule has 1 aliphatic rings. The summed E-state index contributed by atoms with van der Waals surface area (Å²) >= 11 is 0. The molecule has 0 aromatic heterocycles. The van der Waals surface area contributed by atoms with Crippen LogP contribution in [0.15, 0.2) is 5.16 Å². The first-order chi connectivity index (χ1) is 7.63. The molecule has 0 aliphatic carbocycles. The average molecular weight is 228 g/mol. The molecular weight excluding hydrogens is 204 g/mol. The highest BCUT2D eigenvalue weighted by Gasteiger charge is 2.22. The van der Waals surface area contributed by atoms with Gasteiger partial charge in [0.2, 0.25) is 0 Å². The molecule has 1 aliphatic heterocycles. The summed E-state index contributed by atoms with van der Waals surface area (Å²) in [7, 11) is 4.29. The van der Waals surface area contributed by atoms with Crippen LogP contribution in [-0.2, 0) is 0 Å². The number of amidine groups is 1. The predicted octanol–water partition coefficient (Wildman–Crippen LogP) is 0.539. The van der Waals surface area contributed by atoms with Crippen LogP contribution in [0, 0.1) is 0 Å². The summed E-state index contributed by atoms with van der Waals surface area (Å²) < 4.78 is 0. The number of likely N-dealkylation sites (tertiary alicyclic amines) is 1. The van der Waals surface area contributed by atoms with Gasteiger partial charge in [0, 0.05) is 19.0 Å². The van der Waals surface area contributed by atoms with E-state index < -0.39 is 0 Å². The van der Waals surface area contributed by atoms with Crippen LogP contribution in [0.4, 0.5) is 0 Å². The quantitative estimate of drug-likeness (QED) is 0.229. The van der Waals surface area contributed by atoms with Crippen molar-refractivity contribution in [3.63, 3.8) is 0 Å². The first kappa shape index (κ1) is 13.3. The number of unbranched alkanes of at least 4 members (excludes halogenated alkanes) is 1. The van der Waals surface area contributed by atoms with Gasteiger partial charge >= 0.3 is 0 Å². The van der Waals surface area contributed by atoms with E-state index in [-0.39, 0.29) is 0 Å². The number of hydrogen-bond donors (Lipinski definition) is 2. The molecule has 0 spiro atoms. The molecule has 0 saturated carbocycles. The summed E-state index contributed by atoms with van der Waals surface area (Å²) in [5.41, 5.74) is 5.41. The lowest BCUT2D eigenvalue weighted by Gasteiger charge is -2.20. The highest BCUT2D eigenvalue weighted by molar-refractivity contribution is 5.79. The second kappa shape index (κ2) is 6.70. The van der Waals surface area contributed by atoms with Gasteiger partial charge in [0.25, 0.3) is 0 Å². The van der Waals surface area contributed by atoms with Crippen LogP contribution in [0.25, 0.3) is 0 Å². The van der Waals surface area contributed by atoms with Crippen molar-refractivity contribution >= 4 is 5.84 Å². The van der Waals surface area contributed by atoms with Crippen molar-refractivity contribution in [2.75, 3.05) is 33.7 Å². The van der Waals surface area contributed by atoms with E-state index in [1.54, 1.807) is 0 Å². The maximum Gasteiger partial charge on any atom is 0.139 e. The van der Waals surface area contributed by atoms with Crippen LogP contribution in [0.5, 0.6) is 0 Å². The van der Waals surface area contributed by atoms with Crippen LogP contribution in [0.1, 0.15) is 25.7 Å². The summed E-state index contributed by atoms with van der Waals surface area (Å²) in [4.78, 5) is 4.80. The minimum absolute atomic E-state index is 0.340. The summed E-state index contributed by atoms with van der Waals surface area (Å²) in [6, 6.07) is 0.712. The maximum absolute atomic E-state index is 8.39. The van der Waals surface area contributed by atoms with Crippen LogP contribution >= 0.6 is 0 Å². The minimum atomic E-state index is 0.340. The van der Waals surface area contributed by atoms with Gasteiger partial charge in [0.05, 0.1) is 0 Å². The molecule has 1 fully saturated rings. The highest BCUT2D eigenvalue weighted by atomic mass is 16.4. The zero-order valence-electron chi connectivity index (χ0n) is 10.4. The highest BCUT2D eigenvalue weighted by Crippen LogP contribution is 2.13. The number of likely N-dealkylation sites (N-methyl/N-ethyl adjacent to an activating group) is 1. The summed E-state index contributed by atoms with van der Waals surface area (Å²) in [5, 5.41) is 11.4. The molecule has 3 N–H and O–H groups in total. The molecule has 0 aromatic rings. The van der Waals surface area contributed by atoms with Crippen molar-refractivity contribution in [3.8, 4) is 0 Å². The molecule has 94 valence electrons. The third kappa shape index (κ3) is 4.37. The largest absolute Gasteiger partial charge is 0.409 e. The summed E-state index contributed by atoms with van der Waals surface area (Å²) in [6.45, 7) is 3.51. The Labute approximate surface area is 97.9 Å². The molecule has 1 rings (SSSR count). The van der Waals surface area contributed by atoms with Crippen molar-refractivity contribution in [1.29, 1.82) is 0 Å². The topological polar surface area (TPSA) is 65.1 Å². The molecule has 1 atom stereocenters. The van der Waals surface area contributed by atoms with Gasteiger partial charge in [-0.3, -0.25) is 0 Å². The molecule has 0 bridgehead atoms. The standard InChI is InChI=1S/C11H24N4O/c1-14(2)10-6-8-15(9-10)7-4-3-5-11(12)13-16/h10,16H,3-9H2,1-2H3,(H2,12,13). The molecule has 0 amide bonds. The fraction of sp³-hybridized carbons (Fsp3) is 0.909. The van der Waals surface area contributed by atoms with E-state index in [0.717, 1.165) is 19.4 Å². The van der Waals surface area contributed by atoms with Gasteiger partial charge in [-0.1, -0.05) is 5.16 Å². The monoisotopic (exact) mass is 228 g/mol. The lowest BCUT2D eigenvalue weighted by atomic mass is 10.2. The van der Waals surface area contributed by atoms with Gasteiger partial charge in [-0.25, -0.2) is 0 Å². The maximum atomic E-state index is 8.39. The molecule has 1 unspecified atom stereocenters. The Hall–Kier alpha value is -0.810. The van der Waals surface area contributed by atoms with E-state index in [1.807, 2.05) is 0 Å². The molecule has 0 radical (unpaired) electrons. The van der Waals surface area contributed by atoms with Crippen LogP contribution in [0.3, 0.4) is 0 Å². The van der Waals surface area contributed by atoms with E-state index in [9.17, 15) is 0 Å². The van der Waals surface area contributed by atoms with Gasteiger partial charge < -0.3 is 20.7 Å². The summed E-state index contributed by atoms with van der Waals surface area (Å²) in [6.07, 6.45) is 4.09. The van der Waals surface area contributed by atoms with Gasteiger partial charge in [-0.15, -0.1) is 0 Å². The van der Waals surface area contributed by atoms with Crippen molar-refractivity contribution < 1.29 is 5.21 Å². The molecule has 1 saturated heterocycles. The number of oxime groups is 1. The van der Waals surface area contributed by atoms with Gasteiger partial charge in [-0.05, 0) is 46.4 Å². The van der Waals surface area contributed by atoms with Gasteiger partial charge in [-0.2, -0.15) is 0 Å². The smallest absolute Gasteiger partial charge is 0.139 e. The number of hydrogen-bond acceptors (Lipinski definition) is 4. The summed E-state index contributed by atoms with van der Waals surface area (Å²) in [5.74, 6) is 0.340. The van der Waals surface area contributed by atoms with Crippen molar-refractivity contribution in [2.45, 2.75) is 31.7 Å².